The van der Waals surface area contributed by atoms with Gasteiger partial charge in [-0.15, -0.1) is 28.1 Å². The van der Waals surface area contributed by atoms with Crippen LogP contribution in [0.3, 0.4) is 0 Å². The highest BCUT2D eigenvalue weighted by Gasteiger charge is 2.16. The van der Waals surface area contributed by atoms with Crippen molar-refractivity contribution in [1.82, 2.24) is 14.8 Å². The Kier molecular flexibility index (Phi) is 6.06. The van der Waals surface area contributed by atoms with Crippen LogP contribution in [0, 0.1) is 18.3 Å². The van der Waals surface area contributed by atoms with Gasteiger partial charge >= 0.3 is 0 Å². The third-order valence-electron chi connectivity index (χ3n) is 3.68. The van der Waals surface area contributed by atoms with E-state index in [0.717, 1.165) is 17.0 Å². The quantitative estimate of drug-likeness (QED) is 0.481. The molecule has 1 amide bonds. The number of aromatic nitrogens is 3. The van der Waals surface area contributed by atoms with Crippen molar-refractivity contribution in [3.63, 3.8) is 0 Å². The van der Waals surface area contributed by atoms with E-state index in [9.17, 15) is 4.79 Å². The fourth-order valence-electron chi connectivity index (χ4n) is 2.47. The molecule has 8 heteroatoms. The number of hydrogen-bond acceptors (Lipinski definition) is 6. The van der Waals surface area contributed by atoms with Crippen LogP contribution in [0.25, 0.3) is 11.4 Å². The van der Waals surface area contributed by atoms with Crippen molar-refractivity contribution < 1.29 is 4.79 Å². The maximum Gasteiger partial charge on any atom is 0.235 e. The maximum atomic E-state index is 12.2. The van der Waals surface area contributed by atoms with E-state index in [1.807, 2.05) is 35.8 Å². The number of nitrogens with zero attached hydrogens (tertiary/aromatic N) is 4. The highest BCUT2D eigenvalue weighted by Crippen LogP contribution is 2.26. The normalized spacial score (nSPS) is 10.4. The molecule has 0 aliphatic heterocycles. The van der Waals surface area contributed by atoms with E-state index in [4.69, 9.17) is 5.26 Å². The summed E-state index contributed by atoms with van der Waals surface area (Å²) in [7, 11) is 0. The van der Waals surface area contributed by atoms with Crippen LogP contribution >= 0.6 is 23.1 Å². The van der Waals surface area contributed by atoms with Gasteiger partial charge in [0, 0.05) is 12.1 Å². The highest BCUT2D eigenvalue weighted by atomic mass is 32.2. The van der Waals surface area contributed by atoms with E-state index in [1.165, 1.54) is 23.1 Å². The molecule has 1 aromatic carbocycles. The van der Waals surface area contributed by atoms with Crippen molar-refractivity contribution in [3.05, 3.63) is 59.5 Å². The second-order valence-electron chi connectivity index (χ2n) is 5.69. The zero-order chi connectivity index (χ0) is 19.2. The molecule has 3 aromatic rings. The molecule has 0 radical (unpaired) electrons. The number of hydrogen-bond donors (Lipinski definition) is 1. The molecule has 0 bridgehead atoms. The Morgan fingerprint density at radius 1 is 1.44 bits per heavy atom. The molecule has 0 aliphatic rings. The lowest BCUT2D eigenvalue weighted by Gasteiger charge is -2.08. The molecule has 0 atom stereocenters. The van der Waals surface area contributed by atoms with Crippen molar-refractivity contribution in [2.45, 2.75) is 18.6 Å². The number of nitriles is 1. The summed E-state index contributed by atoms with van der Waals surface area (Å²) in [6.45, 7) is 6.37. The number of amides is 1. The first-order valence-corrected chi connectivity index (χ1v) is 10.00. The average Bonchev–Trinajstić information content (AvgIpc) is 3.27. The summed E-state index contributed by atoms with van der Waals surface area (Å²) in [6, 6.07) is 11.8. The van der Waals surface area contributed by atoms with Gasteiger partial charge in [0.15, 0.2) is 11.0 Å². The standard InChI is InChI=1S/C19H17N5OS2/c1-3-8-24-17(14-6-4-5-13(2)10-14)22-23-19(24)27-12-16(25)21-18-15(11-20)7-9-26-18/h3-7,9-10H,1,8,12H2,2H3,(H,21,25). The zero-order valence-electron chi connectivity index (χ0n) is 14.7. The minimum atomic E-state index is -0.191. The molecule has 6 nitrogen and oxygen atoms in total. The molecule has 27 heavy (non-hydrogen) atoms. The summed E-state index contributed by atoms with van der Waals surface area (Å²) >= 11 is 2.63. The predicted octanol–water partition coefficient (Wildman–Crippen LogP) is 4.10. The second kappa shape index (κ2) is 8.66. The van der Waals surface area contributed by atoms with Gasteiger partial charge in [-0.1, -0.05) is 41.6 Å². The molecule has 136 valence electrons. The number of thiophene rings is 1. The van der Waals surface area contributed by atoms with Crippen LogP contribution < -0.4 is 5.32 Å². The number of carbonyl (C=O) groups excluding carboxylic acids is 1. The fraction of sp³-hybridized carbons (Fsp3) is 0.158. The number of allylic oxidation sites excluding steroid dienone is 1. The maximum absolute atomic E-state index is 12.2. The monoisotopic (exact) mass is 395 g/mol. The highest BCUT2D eigenvalue weighted by molar-refractivity contribution is 7.99. The summed E-state index contributed by atoms with van der Waals surface area (Å²) in [4.78, 5) is 12.2. The lowest BCUT2D eigenvalue weighted by Crippen LogP contribution is -2.14. The summed E-state index contributed by atoms with van der Waals surface area (Å²) in [5.74, 6) is 0.724. The van der Waals surface area contributed by atoms with E-state index < -0.39 is 0 Å². The number of rotatable bonds is 7. The number of aryl methyl sites for hydroxylation is 1. The molecule has 0 aliphatic carbocycles. The van der Waals surface area contributed by atoms with Gasteiger partial charge in [-0.05, 0) is 24.4 Å². The lowest BCUT2D eigenvalue weighted by molar-refractivity contribution is -0.113. The van der Waals surface area contributed by atoms with Crippen LogP contribution in [0.5, 0.6) is 0 Å². The van der Waals surface area contributed by atoms with Gasteiger partial charge in [-0.2, -0.15) is 5.26 Å². The van der Waals surface area contributed by atoms with Crippen LogP contribution in [0.2, 0.25) is 0 Å². The number of thioether (sulfide) groups is 1. The van der Waals surface area contributed by atoms with Crippen molar-refractivity contribution in [2.75, 3.05) is 11.1 Å². The van der Waals surface area contributed by atoms with Crippen LogP contribution in [0.4, 0.5) is 5.00 Å². The Hall–Kier alpha value is -2.89. The summed E-state index contributed by atoms with van der Waals surface area (Å²) in [5.41, 5.74) is 2.58. The molecule has 0 unspecified atom stereocenters. The van der Waals surface area contributed by atoms with Gasteiger partial charge in [-0.25, -0.2) is 0 Å². The molecule has 2 aromatic heterocycles. The van der Waals surface area contributed by atoms with Crippen molar-refractivity contribution in [1.29, 1.82) is 5.26 Å². The van der Waals surface area contributed by atoms with E-state index in [-0.39, 0.29) is 11.7 Å². The third-order valence-corrected chi connectivity index (χ3v) is 5.47. The first kappa shape index (κ1) is 18.9. The Bertz CT molecular complexity index is 1020. The molecule has 2 heterocycles. The third kappa shape index (κ3) is 4.45. The number of carbonyl (C=O) groups is 1. The minimum absolute atomic E-state index is 0.172. The van der Waals surface area contributed by atoms with Gasteiger partial charge in [0.2, 0.25) is 5.91 Å². The molecule has 0 spiro atoms. The molecular formula is C19H17N5OS2. The molecule has 3 rings (SSSR count). The number of nitrogens with one attached hydrogen (secondary N) is 1. The van der Waals surface area contributed by atoms with Crippen LogP contribution in [-0.2, 0) is 11.3 Å². The van der Waals surface area contributed by atoms with Crippen molar-refractivity contribution in [2.24, 2.45) is 0 Å². The van der Waals surface area contributed by atoms with Crippen LogP contribution in [-0.4, -0.2) is 26.4 Å². The SMILES string of the molecule is C=CCn1c(SCC(=O)Nc2sccc2C#N)nnc1-c1cccc(C)c1. The molecule has 0 saturated heterocycles. The topological polar surface area (TPSA) is 83.6 Å². The second-order valence-corrected chi connectivity index (χ2v) is 7.55. The van der Waals surface area contributed by atoms with Crippen molar-refractivity contribution in [3.8, 4) is 17.5 Å². The van der Waals surface area contributed by atoms with Gasteiger partial charge in [0.05, 0.1) is 11.3 Å². The van der Waals surface area contributed by atoms with Crippen LogP contribution in [0.15, 0.2) is 53.5 Å². The van der Waals surface area contributed by atoms with E-state index >= 15 is 0 Å². The van der Waals surface area contributed by atoms with Gasteiger partial charge in [0.1, 0.15) is 11.1 Å². The number of benzene rings is 1. The molecule has 0 saturated carbocycles. The van der Waals surface area contributed by atoms with Crippen molar-refractivity contribution >= 4 is 34.0 Å². The first-order chi connectivity index (χ1) is 13.1. The Morgan fingerprint density at radius 2 is 2.30 bits per heavy atom. The average molecular weight is 396 g/mol. The lowest BCUT2D eigenvalue weighted by atomic mass is 10.1. The first-order valence-electron chi connectivity index (χ1n) is 8.13. The minimum Gasteiger partial charge on any atom is -0.316 e. The summed E-state index contributed by atoms with van der Waals surface area (Å²) in [5, 5.41) is 23.3. The van der Waals surface area contributed by atoms with Gasteiger partial charge in [-0.3, -0.25) is 9.36 Å². The van der Waals surface area contributed by atoms with E-state index in [2.05, 4.69) is 28.2 Å². The Labute approximate surface area is 165 Å². The smallest absolute Gasteiger partial charge is 0.235 e. The van der Waals surface area contributed by atoms with E-state index in [0.29, 0.717) is 22.3 Å². The molecule has 1 N–H and O–H groups in total. The molecular weight excluding hydrogens is 378 g/mol. The summed E-state index contributed by atoms with van der Waals surface area (Å²) < 4.78 is 1.94. The molecule has 0 fully saturated rings. The predicted molar refractivity (Wildman–Crippen MR) is 109 cm³/mol. The van der Waals surface area contributed by atoms with Gasteiger partial charge in [0.25, 0.3) is 0 Å². The fourth-order valence-corrected chi connectivity index (χ4v) is 3.98. The number of anilines is 1. The Morgan fingerprint density at radius 3 is 3.04 bits per heavy atom. The zero-order valence-corrected chi connectivity index (χ0v) is 16.3. The summed E-state index contributed by atoms with van der Waals surface area (Å²) in [6.07, 6.45) is 1.78. The van der Waals surface area contributed by atoms with Gasteiger partial charge < -0.3 is 5.32 Å². The Balaban J connectivity index is 1.74. The largest absolute Gasteiger partial charge is 0.316 e. The van der Waals surface area contributed by atoms with E-state index in [1.54, 1.807) is 17.5 Å². The van der Waals surface area contributed by atoms with Crippen LogP contribution in [0.1, 0.15) is 11.1 Å².